The van der Waals surface area contributed by atoms with E-state index in [1.165, 1.54) is 16.6 Å². The number of hydrogen-bond donors (Lipinski definition) is 1. The molecule has 1 saturated heterocycles. The van der Waals surface area contributed by atoms with E-state index in [2.05, 4.69) is 29.3 Å². The molecule has 3 aliphatic rings. The Hall–Kier alpha value is -2.43. The van der Waals surface area contributed by atoms with Crippen LogP contribution in [0.2, 0.25) is 0 Å². The van der Waals surface area contributed by atoms with E-state index in [9.17, 15) is 4.79 Å². The van der Waals surface area contributed by atoms with Gasteiger partial charge in [0.05, 0.1) is 19.2 Å². The van der Waals surface area contributed by atoms with Crippen LogP contribution in [0.3, 0.4) is 0 Å². The summed E-state index contributed by atoms with van der Waals surface area (Å²) >= 11 is 0. The molecule has 5 nitrogen and oxygen atoms in total. The lowest BCUT2D eigenvalue weighted by Gasteiger charge is -2.40. The molecule has 5 heteroatoms. The largest absolute Gasteiger partial charge is 0.497 e. The van der Waals surface area contributed by atoms with E-state index in [1.807, 2.05) is 11.0 Å². The van der Waals surface area contributed by atoms with Gasteiger partial charge in [-0.2, -0.15) is 0 Å². The molecule has 130 valence electrons. The van der Waals surface area contributed by atoms with Crippen LogP contribution in [0.4, 0.5) is 4.79 Å². The van der Waals surface area contributed by atoms with Crippen molar-refractivity contribution in [2.75, 3.05) is 13.7 Å². The fourth-order valence-electron chi connectivity index (χ4n) is 4.76. The first-order valence-corrected chi connectivity index (χ1v) is 9.05. The van der Waals surface area contributed by atoms with Gasteiger partial charge in [-0.1, -0.05) is 12.2 Å². The number of hydrogen-bond acceptors (Lipinski definition) is 3. The average molecular weight is 338 g/mol. The number of amides is 1. The number of methoxy groups -OCH3 is 1. The number of aromatic amines is 1. The zero-order valence-corrected chi connectivity index (χ0v) is 14.3. The minimum absolute atomic E-state index is 0.0760. The highest BCUT2D eigenvalue weighted by atomic mass is 16.6. The highest BCUT2D eigenvalue weighted by molar-refractivity contribution is 5.87. The number of nitrogens with one attached hydrogen (secondary N) is 1. The van der Waals surface area contributed by atoms with Crippen molar-refractivity contribution < 1.29 is 14.3 Å². The third kappa shape index (κ3) is 2.18. The van der Waals surface area contributed by atoms with Crippen molar-refractivity contribution in [2.45, 2.75) is 37.8 Å². The highest BCUT2D eigenvalue weighted by Crippen LogP contribution is 2.46. The molecule has 1 aromatic heterocycles. The quantitative estimate of drug-likeness (QED) is 0.844. The molecule has 1 aliphatic carbocycles. The summed E-state index contributed by atoms with van der Waals surface area (Å²) in [5, 5.41) is 1.21. The molecule has 0 spiro atoms. The van der Waals surface area contributed by atoms with E-state index in [0.717, 1.165) is 36.9 Å². The number of rotatable bonds is 2. The summed E-state index contributed by atoms with van der Waals surface area (Å²) in [6, 6.07) is 6.38. The van der Waals surface area contributed by atoms with Crippen LogP contribution in [0.15, 0.2) is 30.4 Å². The summed E-state index contributed by atoms with van der Waals surface area (Å²) in [5.41, 5.74) is 3.64. The van der Waals surface area contributed by atoms with Gasteiger partial charge in [0.2, 0.25) is 0 Å². The third-order valence-corrected chi connectivity index (χ3v) is 5.94. The van der Waals surface area contributed by atoms with Gasteiger partial charge in [-0.05, 0) is 55.4 Å². The first-order chi connectivity index (χ1) is 12.3. The fourth-order valence-corrected chi connectivity index (χ4v) is 4.76. The Bertz CT molecular complexity index is 869. The number of cyclic esters (lactones) is 1. The molecule has 1 fully saturated rings. The highest BCUT2D eigenvalue weighted by Gasteiger charge is 2.47. The van der Waals surface area contributed by atoms with Crippen molar-refractivity contribution in [3.05, 3.63) is 41.6 Å². The predicted molar refractivity (Wildman–Crippen MR) is 94.8 cm³/mol. The van der Waals surface area contributed by atoms with Gasteiger partial charge in [-0.3, -0.25) is 4.90 Å². The van der Waals surface area contributed by atoms with Gasteiger partial charge in [0.15, 0.2) is 0 Å². The van der Waals surface area contributed by atoms with Gasteiger partial charge in [0.1, 0.15) is 12.4 Å². The molecule has 1 N–H and O–H groups in total. The Morgan fingerprint density at radius 1 is 1.32 bits per heavy atom. The molecule has 1 aromatic carbocycles. The van der Waals surface area contributed by atoms with Gasteiger partial charge in [-0.25, -0.2) is 4.79 Å². The predicted octanol–water partition coefficient (Wildman–Crippen LogP) is 3.95. The number of H-pyrrole nitrogens is 1. The van der Waals surface area contributed by atoms with E-state index in [-0.39, 0.29) is 18.2 Å². The Morgan fingerprint density at radius 3 is 3.04 bits per heavy atom. The number of carbonyl (C=O) groups is 1. The van der Waals surface area contributed by atoms with Gasteiger partial charge in [0.25, 0.3) is 0 Å². The summed E-state index contributed by atoms with van der Waals surface area (Å²) in [4.78, 5) is 18.1. The fraction of sp³-hybridized carbons (Fsp3) is 0.450. The molecule has 2 aromatic rings. The molecule has 2 aliphatic heterocycles. The van der Waals surface area contributed by atoms with Crippen LogP contribution < -0.4 is 4.74 Å². The molecule has 3 atom stereocenters. The monoisotopic (exact) mass is 338 g/mol. The summed E-state index contributed by atoms with van der Waals surface area (Å²) < 4.78 is 10.8. The van der Waals surface area contributed by atoms with Crippen LogP contribution in [0.1, 0.15) is 36.6 Å². The number of aromatic nitrogens is 1. The van der Waals surface area contributed by atoms with Crippen LogP contribution in [0, 0.1) is 5.92 Å². The second-order valence-corrected chi connectivity index (χ2v) is 7.26. The molecule has 1 amide bonds. The first kappa shape index (κ1) is 14.9. The number of ether oxygens (including phenoxy) is 2. The van der Waals surface area contributed by atoms with Crippen molar-refractivity contribution in [2.24, 2.45) is 5.92 Å². The second kappa shape index (κ2) is 5.55. The maximum Gasteiger partial charge on any atom is 0.410 e. The number of allylic oxidation sites excluding steroid dienone is 2. The second-order valence-electron chi connectivity index (χ2n) is 7.26. The Labute approximate surface area is 146 Å². The summed E-state index contributed by atoms with van der Waals surface area (Å²) in [6.07, 6.45) is 8.38. The molecule has 5 rings (SSSR count). The van der Waals surface area contributed by atoms with Gasteiger partial charge < -0.3 is 14.5 Å². The first-order valence-electron chi connectivity index (χ1n) is 9.05. The smallest absolute Gasteiger partial charge is 0.410 e. The topological polar surface area (TPSA) is 54.6 Å². The molecule has 3 heterocycles. The lowest BCUT2D eigenvalue weighted by atomic mass is 9.80. The maximum atomic E-state index is 12.4. The van der Waals surface area contributed by atoms with Crippen molar-refractivity contribution in [3.8, 4) is 5.75 Å². The molecule has 25 heavy (non-hydrogen) atoms. The number of carbonyl (C=O) groups excluding carboxylic acids is 1. The standard InChI is InChI=1S/C20H22N2O3/c1-24-14-7-8-17-15(10-14)16-9-13-11-25-20(23)22(13)19(18(16)21-17)12-5-3-2-4-6-12/h2-3,7-8,10,12-13,19,21H,4-6,9,11H2,1H3. The van der Waals surface area contributed by atoms with Crippen molar-refractivity contribution >= 4 is 17.0 Å². The average Bonchev–Trinajstić information content (AvgIpc) is 3.21. The van der Waals surface area contributed by atoms with Gasteiger partial charge >= 0.3 is 6.09 Å². The summed E-state index contributed by atoms with van der Waals surface area (Å²) in [6.45, 7) is 0.494. The zero-order chi connectivity index (χ0) is 17.0. The van der Waals surface area contributed by atoms with E-state index >= 15 is 0 Å². The van der Waals surface area contributed by atoms with Crippen LogP contribution in [0.25, 0.3) is 10.9 Å². The lowest BCUT2D eigenvalue weighted by molar-refractivity contribution is 0.113. The van der Waals surface area contributed by atoms with Crippen molar-refractivity contribution in [3.63, 3.8) is 0 Å². The SMILES string of the molecule is COc1ccc2[nH]c3c(c2c1)CC1COC(=O)N1C3C1CC=CCC1. The summed E-state index contributed by atoms with van der Waals surface area (Å²) in [7, 11) is 1.70. The Morgan fingerprint density at radius 2 is 2.24 bits per heavy atom. The molecule has 0 saturated carbocycles. The third-order valence-electron chi connectivity index (χ3n) is 5.94. The normalized spacial score (nSPS) is 28.0. The van der Waals surface area contributed by atoms with Crippen molar-refractivity contribution in [1.29, 1.82) is 0 Å². The molecule has 0 bridgehead atoms. The minimum atomic E-state index is -0.161. The van der Waals surface area contributed by atoms with Crippen LogP contribution >= 0.6 is 0 Å². The Balaban J connectivity index is 1.68. The van der Waals surface area contributed by atoms with Crippen molar-refractivity contribution in [1.82, 2.24) is 9.88 Å². The van der Waals surface area contributed by atoms with E-state index in [1.54, 1.807) is 7.11 Å². The Kier molecular flexibility index (Phi) is 3.30. The van der Waals surface area contributed by atoms with Crippen LogP contribution in [-0.4, -0.2) is 35.7 Å². The molecular formula is C20H22N2O3. The van der Waals surface area contributed by atoms with Crippen LogP contribution in [0.5, 0.6) is 5.75 Å². The summed E-state index contributed by atoms with van der Waals surface area (Å²) in [5.74, 6) is 1.31. The minimum Gasteiger partial charge on any atom is -0.497 e. The number of nitrogens with zero attached hydrogens (tertiary/aromatic N) is 1. The molecule has 3 unspecified atom stereocenters. The van der Waals surface area contributed by atoms with Gasteiger partial charge in [0, 0.05) is 16.6 Å². The maximum absolute atomic E-state index is 12.4. The lowest BCUT2D eigenvalue weighted by Crippen LogP contribution is -2.45. The molecular weight excluding hydrogens is 316 g/mol. The molecule has 0 radical (unpaired) electrons. The number of benzene rings is 1. The van der Waals surface area contributed by atoms with Crippen LogP contribution in [-0.2, 0) is 11.2 Å². The van der Waals surface area contributed by atoms with E-state index in [4.69, 9.17) is 9.47 Å². The van der Waals surface area contributed by atoms with E-state index < -0.39 is 0 Å². The van der Waals surface area contributed by atoms with E-state index in [0.29, 0.717) is 12.5 Å². The van der Waals surface area contributed by atoms with Gasteiger partial charge in [-0.15, -0.1) is 0 Å². The number of fused-ring (bicyclic) bond motifs is 4. The zero-order valence-electron chi connectivity index (χ0n) is 14.3.